The van der Waals surface area contributed by atoms with Crippen LogP contribution in [-0.2, 0) is 4.74 Å². The average molecular weight is 161 g/mol. The molecule has 1 N–H and O–H groups in total. The molecule has 0 aliphatic carbocycles. The Balaban J connectivity index is 2.18. The summed E-state index contributed by atoms with van der Waals surface area (Å²) in [6.07, 6.45) is 0.191. The summed E-state index contributed by atoms with van der Waals surface area (Å²) in [5.74, 6) is 0.121. The van der Waals surface area contributed by atoms with Crippen LogP contribution in [0.2, 0.25) is 0 Å². The molecule has 1 saturated heterocycles. The van der Waals surface area contributed by atoms with Crippen LogP contribution in [0.1, 0.15) is 13.3 Å². The van der Waals surface area contributed by atoms with Gasteiger partial charge in [-0.25, -0.2) is 4.39 Å². The summed E-state index contributed by atoms with van der Waals surface area (Å²) in [4.78, 5) is 0. The first-order valence-electron chi connectivity index (χ1n) is 4.27. The molecule has 0 aromatic rings. The fourth-order valence-electron chi connectivity index (χ4n) is 1.33. The van der Waals surface area contributed by atoms with Gasteiger partial charge in [0.2, 0.25) is 0 Å². The number of rotatable bonds is 3. The normalized spacial score (nSPS) is 32.2. The van der Waals surface area contributed by atoms with Gasteiger partial charge in [-0.3, -0.25) is 0 Å². The van der Waals surface area contributed by atoms with Crippen LogP contribution in [0.3, 0.4) is 0 Å². The Morgan fingerprint density at radius 3 is 3.09 bits per heavy atom. The molecule has 1 fully saturated rings. The number of hydrogen-bond donors (Lipinski definition) is 1. The second-order valence-electron chi connectivity index (χ2n) is 2.93. The van der Waals surface area contributed by atoms with E-state index in [1.807, 2.05) is 6.92 Å². The Kier molecular flexibility index (Phi) is 3.80. The molecule has 1 rings (SSSR count). The van der Waals surface area contributed by atoms with Crippen molar-refractivity contribution in [2.75, 3.05) is 26.3 Å². The fourth-order valence-corrected chi connectivity index (χ4v) is 1.33. The van der Waals surface area contributed by atoms with Crippen molar-refractivity contribution in [3.05, 3.63) is 0 Å². The second-order valence-corrected chi connectivity index (χ2v) is 2.93. The van der Waals surface area contributed by atoms with Gasteiger partial charge >= 0.3 is 0 Å². The molecule has 3 heteroatoms. The largest absolute Gasteiger partial charge is 0.381 e. The summed E-state index contributed by atoms with van der Waals surface area (Å²) in [5, 5.41) is 3.01. The Morgan fingerprint density at radius 2 is 2.45 bits per heavy atom. The summed E-state index contributed by atoms with van der Waals surface area (Å²) in [6, 6.07) is 0. The van der Waals surface area contributed by atoms with Gasteiger partial charge in [0.15, 0.2) is 0 Å². The summed E-state index contributed by atoms with van der Waals surface area (Å²) < 4.78 is 18.2. The molecule has 2 atom stereocenters. The smallest absolute Gasteiger partial charge is 0.118 e. The molecule has 1 aliphatic heterocycles. The molecule has 66 valence electrons. The van der Waals surface area contributed by atoms with E-state index >= 15 is 0 Å². The zero-order valence-electron chi connectivity index (χ0n) is 6.98. The molecule has 0 spiro atoms. The van der Waals surface area contributed by atoms with Gasteiger partial charge in [0.25, 0.3) is 0 Å². The minimum Gasteiger partial charge on any atom is -0.381 e. The summed E-state index contributed by atoms with van der Waals surface area (Å²) in [6.45, 7) is 4.64. The molecule has 0 aromatic heterocycles. The highest BCUT2D eigenvalue weighted by atomic mass is 19.1. The molecule has 0 saturated carbocycles. The molecule has 0 radical (unpaired) electrons. The number of halogens is 1. The van der Waals surface area contributed by atoms with Crippen LogP contribution in [0.4, 0.5) is 4.39 Å². The SMILES string of the molecule is CCOCC1CCNCC1F. The fraction of sp³-hybridized carbons (Fsp3) is 1.00. The van der Waals surface area contributed by atoms with Crippen LogP contribution in [0, 0.1) is 5.92 Å². The van der Waals surface area contributed by atoms with Crippen LogP contribution in [-0.4, -0.2) is 32.5 Å². The third-order valence-electron chi connectivity index (χ3n) is 2.08. The minimum absolute atomic E-state index is 0.121. The van der Waals surface area contributed by atoms with Gasteiger partial charge in [-0.05, 0) is 19.9 Å². The third kappa shape index (κ3) is 2.75. The van der Waals surface area contributed by atoms with E-state index in [1.165, 1.54) is 0 Å². The number of ether oxygens (including phenoxy) is 1. The number of hydrogen-bond acceptors (Lipinski definition) is 2. The topological polar surface area (TPSA) is 21.3 Å². The number of alkyl halides is 1. The lowest BCUT2D eigenvalue weighted by Crippen LogP contribution is -2.39. The van der Waals surface area contributed by atoms with Gasteiger partial charge in [-0.15, -0.1) is 0 Å². The third-order valence-corrected chi connectivity index (χ3v) is 2.08. The first kappa shape index (κ1) is 8.94. The number of nitrogens with one attached hydrogen (secondary N) is 1. The molecule has 2 nitrogen and oxygen atoms in total. The first-order valence-corrected chi connectivity index (χ1v) is 4.27. The standard InChI is InChI=1S/C8H16FNO/c1-2-11-6-7-3-4-10-5-8(7)9/h7-8,10H,2-6H2,1H3. The first-order chi connectivity index (χ1) is 5.34. The highest BCUT2D eigenvalue weighted by molar-refractivity contribution is 4.77. The highest BCUT2D eigenvalue weighted by Gasteiger charge is 2.23. The van der Waals surface area contributed by atoms with E-state index in [4.69, 9.17) is 4.74 Å². The molecule has 1 heterocycles. The maximum atomic E-state index is 13.0. The predicted molar refractivity (Wildman–Crippen MR) is 42.4 cm³/mol. The number of piperidine rings is 1. The van der Waals surface area contributed by atoms with Crippen molar-refractivity contribution in [2.45, 2.75) is 19.5 Å². The van der Waals surface area contributed by atoms with E-state index in [2.05, 4.69) is 5.32 Å². The van der Waals surface area contributed by atoms with Crippen molar-refractivity contribution < 1.29 is 9.13 Å². The van der Waals surface area contributed by atoms with Crippen molar-refractivity contribution in [3.8, 4) is 0 Å². The Bertz CT molecular complexity index is 110. The minimum atomic E-state index is -0.713. The Labute approximate surface area is 67.1 Å². The highest BCUT2D eigenvalue weighted by Crippen LogP contribution is 2.15. The van der Waals surface area contributed by atoms with Crippen LogP contribution >= 0.6 is 0 Å². The molecular weight excluding hydrogens is 145 g/mol. The zero-order chi connectivity index (χ0) is 8.10. The molecule has 0 bridgehead atoms. The molecule has 1 aliphatic rings. The lowest BCUT2D eigenvalue weighted by atomic mass is 9.97. The van der Waals surface area contributed by atoms with Crippen molar-refractivity contribution in [2.24, 2.45) is 5.92 Å². The van der Waals surface area contributed by atoms with E-state index in [-0.39, 0.29) is 5.92 Å². The van der Waals surface area contributed by atoms with E-state index in [0.717, 1.165) is 13.0 Å². The summed E-state index contributed by atoms with van der Waals surface area (Å²) in [5.41, 5.74) is 0. The molecule has 2 unspecified atom stereocenters. The molecular formula is C8H16FNO. The van der Waals surface area contributed by atoms with Crippen LogP contribution in [0.25, 0.3) is 0 Å². The second kappa shape index (κ2) is 4.67. The van der Waals surface area contributed by atoms with Gasteiger partial charge < -0.3 is 10.1 Å². The average Bonchev–Trinajstić information content (AvgIpc) is 2.03. The Morgan fingerprint density at radius 1 is 1.64 bits per heavy atom. The van der Waals surface area contributed by atoms with Crippen molar-refractivity contribution in [1.82, 2.24) is 5.32 Å². The maximum Gasteiger partial charge on any atom is 0.118 e. The van der Waals surface area contributed by atoms with Crippen LogP contribution in [0.5, 0.6) is 0 Å². The quantitative estimate of drug-likeness (QED) is 0.666. The molecule has 0 aromatic carbocycles. The predicted octanol–water partition coefficient (Wildman–Crippen LogP) is 0.971. The summed E-state index contributed by atoms with van der Waals surface area (Å²) in [7, 11) is 0. The molecule has 0 amide bonds. The van der Waals surface area contributed by atoms with E-state index < -0.39 is 6.17 Å². The van der Waals surface area contributed by atoms with Crippen molar-refractivity contribution >= 4 is 0 Å². The molecule has 11 heavy (non-hydrogen) atoms. The monoisotopic (exact) mass is 161 g/mol. The zero-order valence-corrected chi connectivity index (χ0v) is 6.98. The van der Waals surface area contributed by atoms with Crippen LogP contribution < -0.4 is 5.32 Å². The van der Waals surface area contributed by atoms with Gasteiger partial charge in [0.1, 0.15) is 6.17 Å². The summed E-state index contributed by atoms with van der Waals surface area (Å²) >= 11 is 0. The van der Waals surface area contributed by atoms with Gasteiger partial charge in [-0.2, -0.15) is 0 Å². The van der Waals surface area contributed by atoms with Gasteiger partial charge in [-0.1, -0.05) is 0 Å². The van der Waals surface area contributed by atoms with Crippen molar-refractivity contribution in [3.63, 3.8) is 0 Å². The maximum absolute atomic E-state index is 13.0. The lowest BCUT2D eigenvalue weighted by molar-refractivity contribution is 0.0563. The van der Waals surface area contributed by atoms with E-state index in [1.54, 1.807) is 0 Å². The van der Waals surface area contributed by atoms with E-state index in [0.29, 0.717) is 19.8 Å². The van der Waals surface area contributed by atoms with Gasteiger partial charge in [0.05, 0.1) is 6.61 Å². The lowest BCUT2D eigenvalue weighted by Gasteiger charge is -2.26. The van der Waals surface area contributed by atoms with Gasteiger partial charge in [0, 0.05) is 19.1 Å². The van der Waals surface area contributed by atoms with Crippen LogP contribution in [0.15, 0.2) is 0 Å². The Hall–Kier alpha value is -0.150. The van der Waals surface area contributed by atoms with E-state index in [9.17, 15) is 4.39 Å². The van der Waals surface area contributed by atoms with Crippen molar-refractivity contribution in [1.29, 1.82) is 0 Å².